The number of piperidine rings is 1. The summed E-state index contributed by atoms with van der Waals surface area (Å²) in [5.41, 5.74) is 5.43. The molecule has 4 aromatic rings. The van der Waals surface area contributed by atoms with E-state index in [2.05, 4.69) is 67.6 Å². The molecule has 0 unspecified atom stereocenters. The quantitative estimate of drug-likeness (QED) is 0.300. The molecule has 160 valence electrons. The van der Waals surface area contributed by atoms with Crippen LogP contribution in [0.3, 0.4) is 0 Å². The third kappa shape index (κ3) is 4.39. The van der Waals surface area contributed by atoms with Gasteiger partial charge in [0.05, 0.1) is 0 Å². The molecular weight excluding hydrogens is 410 g/mol. The number of nitrogens with zero attached hydrogens (tertiary/aromatic N) is 1. The lowest BCUT2D eigenvalue weighted by molar-refractivity contribution is 0.0724. The topological polar surface area (TPSA) is 20.3 Å². The summed E-state index contributed by atoms with van der Waals surface area (Å²) >= 11 is 1.83. The van der Waals surface area contributed by atoms with E-state index < -0.39 is 0 Å². The Balaban J connectivity index is 1.35. The molecule has 0 saturated carbocycles. The van der Waals surface area contributed by atoms with Gasteiger partial charge in [-0.2, -0.15) is 0 Å². The third-order valence-corrected chi connectivity index (χ3v) is 7.32. The van der Waals surface area contributed by atoms with Gasteiger partial charge in [-0.25, -0.2) is 0 Å². The smallest absolute Gasteiger partial charge is 0.254 e. The normalized spacial score (nSPS) is 14.3. The molecule has 0 aliphatic carbocycles. The Morgan fingerprint density at radius 2 is 1.66 bits per heavy atom. The summed E-state index contributed by atoms with van der Waals surface area (Å²) in [6.07, 6.45) is 7.60. The molecule has 3 aromatic carbocycles. The number of carbonyl (C=O) groups is 1. The summed E-state index contributed by atoms with van der Waals surface area (Å²) in [5.74, 6) is 0.153. The second-order valence-electron chi connectivity index (χ2n) is 8.55. The Bertz CT molecular complexity index is 1280. The lowest BCUT2D eigenvalue weighted by atomic mass is 10.0. The van der Waals surface area contributed by atoms with Crippen LogP contribution < -0.4 is 0 Å². The monoisotopic (exact) mass is 437 g/mol. The zero-order chi connectivity index (χ0) is 21.9. The number of aryl methyl sites for hydroxylation is 1. The first-order valence-corrected chi connectivity index (χ1v) is 12.2. The summed E-state index contributed by atoms with van der Waals surface area (Å²) in [7, 11) is 0. The molecule has 1 aliphatic rings. The van der Waals surface area contributed by atoms with Crippen LogP contribution in [0.5, 0.6) is 0 Å². The number of rotatable bonds is 4. The van der Waals surface area contributed by atoms with Crippen LogP contribution in [0.4, 0.5) is 0 Å². The summed E-state index contributed by atoms with van der Waals surface area (Å²) < 4.78 is 1.32. The van der Waals surface area contributed by atoms with Crippen molar-refractivity contribution in [3.63, 3.8) is 0 Å². The zero-order valence-corrected chi connectivity index (χ0v) is 19.2. The Hall–Kier alpha value is -3.17. The van der Waals surface area contributed by atoms with E-state index >= 15 is 0 Å². The van der Waals surface area contributed by atoms with Gasteiger partial charge in [-0.05, 0) is 66.5 Å². The number of fused-ring (bicyclic) bond motifs is 1. The number of likely N-dealkylation sites (tertiary alicyclic amines) is 1. The largest absolute Gasteiger partial charge is 0.339 e. The molecule has 1 aliphatic heterocycles. The number of thiophene rings is 1. The van der Waals surface area contributed by atoms with Crippen molar-refractivity contribution in [3.05, 3.63) is 95.1 Å². The predicted octanol–water partition coefficient (Wildman–Crippen LogP) is 7.67. The maximum atomic E-state index is 13.0. The molecule has 2 nitrogen and oxygen atoms in total. The van der Waals surface area contributed by atoms with Gasteiger partial charge in [0.2, 0.25) is 0 Å². The molecule has 32 heavy (non-hydrogen) atoms. The van der Waals surface area contributed by atoms with E-state index in [0.717, 1.165) is 42.6 Å². The summed E-state index contributed by atoms with van der Waals surface area (Å²) in [6, 6.07) is 25.5. The zero-order valence-electron chi connectivity index (χ0n) is 18.4. The van der Waals surface area contributed by atoms with Crippen LogP contribution in [0.15, 0.2) is 72.8 Å². The second kappa shape index (κ2) is 9.13. The minimum absolute atomic E-state index is 0.153. The average Bonchev–Trinajstić information content (AvgIpc) is 3.26. The van der Waals surface area contributed by atoms with Gasteiger partial charge in [0.15, 0.2) is 0 Å². The average molecular weight is 438 g/mol. The molecule has 1 aromatic heterocycles. The molecule has 3 heteroatoms. The van der Waals surface area contributed by atoms with Crippen molar-refractivity contribution < 1.29 is 4.79 Å². The Kier molecular flexibility index (Phi) is 5.91. The van der Waals surface area contributed by atoms with Gasteiger partial charge < -0.3 is 4.90 Å². The number of hydrogen-bond acceptors (Lipinski definition) is 2. The fourth-order valence-corrected chi connectivity index (χ4v) is 5.40. The first kappa shape index (κ1) is 20.7. The van der Waals surface area contributed by atoms with Crippen LogP contribution in [0.2, 0.25) is 0 Å². The highest BCUT2D eigenvalue weighted by Crippen LogP contribution is 2.34. The number of carbonyl (C=O) groups excluding carboxylic acids is 1. The molecule has 2 heterocycles. The molecule has 0 N–H and O–H groups in total. The predicted molar refractivity (Wildman–Crippen MR) is 137 cm³/mol. The molecular formula is C29H27NOS. The summed E-state index contributed by atoms with van der Waals surface area (Å²) in [6.45, 7) is 3.88. The van der Waals surface area contributed by atoms with Crippen LogP contribution >= 0.6 is 11.3 Å². The van der Waals surface area contributed by atoms with Crippen molar-refractivity contribution in [1.82, 2.24) is 4.90 Å². The third-order valence-electron chi connectivity index (χ3n) is 6.16. The van der Waals surface area contributed by atoms with Gasteiger partial charge in [0.25, 0.3) is 5.91 Å². The number of benzene rings is 3. The number of amides is 1. The van der Waals surface area contributed by atoms with E-state index in [1.54, 1.807) is 0 Å². The van der Waals surface area contributed by atoms with Gasteiger partial charge >= 0.3 is 0 Å². The van der Waals surface area contributed by atoms with Crippen molar-refractivity contribution in [3.8, 4) is 10.4 Å². The van der Waals surface area contributed by atoms with E-state index in [1.807, 2.05) is 40.5 Å². The molecule has 0 radical (unpaired) electrons. The van der Waals surface area contributed by atoms with Crippen LogP contribution in [-0.2, 0) is 0 Å². The molecule has 1 fully saturated rings. The van der Waals surface area contributed by atoms with E-state index in [-0.39, 0.29) is 5.91 Å². The Morgan fingerprint density at radius 1 is 0.875 bits per heavy atom. The van der Waals surface area contributed by atoms with E-state index in [4.69, 9.17) is 0 Å². The molecule has 0 bridgehead atoms. The fourth-order valence-electron chi connectivity index (χ4n) is 4.35. The van der Waals surface area contributed by atoms with E-state index in [0.29, 0.717) is 0 Å². The highest BCUT2D eigenvalue weighted by atomic mass is 32.1. The molecule has 0 atom stereocenters. The summed E-state index contributed by atoms with van der Waals surface area (Å²) in [4.78, 5) is 16.3. The summed E-state index contributed by atoms with van der Waals surface area (Å²) in [5, 5.41) is 1.31. The minimum atomic E-state index is 0.153. The maximum absolute atomic E-state index is 13.0. The van der Waals surface area contributed by atoms with Crippen molar-refractivity contribution in [2.45, 2.75) is 26.2 Å². The maximum Gasteiger partial charge on any atom is 0.254 e. The highest BCUT2D eigenvalue weighted by molar-refractivity contribution is 7.22. The molecule has 1 saturated heterocycles. The molecule has 1 amide bonds. The van der Waals surface area contributed by atoms with Crippen LogP contribution in [0.1, 0.15) is 46.3 Å². The fraction of sp³-hybridized carbons (Fsp3) is 0.207. The first-order chi connectivity index (χ1) is 15.7. The van der Waals surface area contributed by atoms with Gasteiger partial charge in [0, 0.05) is 28.2 Å². The lowest BCUT2D eigenvalue weighted by Gasteiger charge is -2.27. The van der Waals surface area contributed by atoms with Crippen molar-refractivity contribution in [2.75, 3.05) is 13.1 Å². The van der Waals surface area contributed by atoms with E-state index in [9.17, 15) is 4.79 Å². The van der Waals surface area contributed by atoms with Crippen molar-refractivity contribution >= 4 is 39.5 Å². The second-order valence-corrected chi connectivity index (χ2v) is 9.63. The minimum Gasteiger partial charge on any atom is -0.339 e. The van der Waals surface area contributed by atoms with Crippen molar-refractivity contribution in [1.29, 1.82) is 0 Å². The van der Waals surface area contributed by atoms with Crippen LogP contribution in [-0.4, -0.2) is 23.9 Å². The molecule has 5 rings (SSSR count). The highest BCUT2D eigenvalue weighted by Gasteiger charge is 2.19. The SMILES string of the molecule is Cc1ccc2sc(-c3ccc(C=Cc4ccccc4C(=O)N4CCCCC4)cc3)cc2c1. The van der Waals surface area contributed by atoms with Gasteiger partial charge in [-0.15, -0.1) is 11.3 Å². The standard InChI is InChI=1S/C29H27NOS/c1-21-9-16-27-25(19-21)20-28(32-27)24-14-11-22(12-15-24)10-13-23-7-3-4-8-26(23)29(31)30-17-5-2-6-18-30/h3-4,7-16,19-20H,2,5-6,17-18H2,1H3. The number of hydrogen-bond donors (Lipinski definition) is 0. The Morgan fingerprint density at radius 3 is 2.47 bits per heavy atom. The van der Waals surface area contributed by atoms with E-state index in [1.165, 1.54) is 32.5 Å². The van der Waals surface area contributed by atoms with Crippen LogP contribution in [0, 0.1) is 6.92 Å². The van der Waals surface area contributed by atoms with Gasteiger partial charge in [-0.1, -0.05) is 72.3 Å². The van der Waals surface area contributed by atoms with Crippen LogP contribution in [0.25, 0.3) is 32.7 Å². The van der Waals surface area contributed by atoms with Gasteiger partial charge in [0.1, 0.15) is 0 Å². The first-order valence-electron chi connectivity index (χ1n) is 11.3. The lowest BCUT2D eigenvalue weighted by Crippen LogP contribution is -2.35. The van der Waals surface area contributed by atoms with Crippen molar-refractivity contribution in [2.24, 2.45) is 0 Å². The Labute approximate surface area is 193 Å². The van der Waals surface area contributed by atoms with Gasteiger partial charge in [-0.3, -0.25) is 4.79 Å². The molecule has 0 spiro atoms.